The summed E-state index contributed by atoms with van der Waals surface area (Å²) in [7, 11) is 0. The molecule has 0 aliphatic carbocycles. The van der Waals surface area contributed by atoms with E-state index in [9.17, 15) is 0 Å². The molecule has 0 aliphatic heterocycles. The van der Waals surface area contributed by atoms with Crippen molar-refractivity contribution in [3.63, 3.8) is 0 Å². The van der Waals surface area contributed by atoms with Crippen LogP contribution in [0.15, 0.2) is 5.16 Å². The molecule has 0 aliphatic rings. The Kier molecular flexibility index (Phi) is 5.18. The summed E-state index contributed by atoms with van der Waals surface area (Å²) in [6.45, 7) is 2.18. The predicted molar refractivity (Wildman–Crippen MR) is 52.5 cm³/mol. The lowest BCUT2D eigenvalue weighted by atomic mass is 10.6. The van der Waals surface area contributed by atoms with Gasteiger partial charge in [0.2, 0.25) is 5.16 Å². The zero-order valence-electron chi connectivity index (χ0n) is 6.99. The molecule has 68 valence electrons. The Labute approximate surface area is 80.3 Å². The Bertz CT molecular complexity index is 189. The van der Waals surface area contributed by atoms with Crippen molar-refractivity contribution in [1.29, 1.82) is 0 Å². The molecule has 1 aromatic rings. The molecule has 12 heavy (non-hydrogen) atoms. The highest BCUT2D eigenvalue weighted by Gasteiger charge is 1.97. The lowest BCUT2D eigenvalue weighted by Crippen LogP contribution is -1.85. The SMILES string of the molecule is CCSCCCSc1nn[nH]n1. The molecule has 0 unspecified atom stereocenters. The van der Waals surface area contributed by atoms with Crippen molar-refractivity contribution in [2.24, 2.45) is 0 Å². The number of H-pyrrole nitrogens is 1. The molecule has 0 atom stereocenters. The first kappa shape index (κ1) is 9.85. The van der Waals surface area contributed by atoms with E-state index in [1.54, 1.807) is 11.8 Å². The summed E-state index contributed by atoms with van der Waals surface area (Å²) in [5.41, 5.74) is 0. The maximum Gasteiger partial charge on any atom is 0.230 e. The molecule has 0 bridgehead atoms. The molecular weight excluding hydrogens is 192 g/mol. The number of nitrogens with zero attached hydrogens (tertiary/aromatic N) is 3. The van der Waals surface area contributed by atoms with Gasteiger partial charge in [0.25, 0.3) is 0 Å². The van der Waals surface area contributed by atoms with Gasteiger partial charge in [-0.15, -0.1) is 10.2 Å². The normalized spacial score (nSPS) is 10.4. The number of hydrogen-bond acceptors (Lipinski definition) is 5. The predicted octanol–water partition coefficient (Wildman–Crippen LogP) is 1.43. The van der Waals surface area contributed by atoms with Crippen LogP contribution in [0.2, 0.25) is 0 Å². The zero-order valence-corrected chi connectivity index (χ0v) is 8.62. The summed E-state index contributed by atoms with van der Waals surface area (Å²) in [6, 6.07) is 0. The number of thioether (sulfide) groups is 2. The maximum atomic E-state index is 3.84. The average Bonchev–Trinajstić information content (AvgIpc) is 2.57. The van der Waals surface area contributed by atoms with Gasteiger partial charge >= 0.3 is 0 Å². The number of rotatable bonds is 6. The number of tetrazole rings is 1. The molecule has 0 radical (unpaired) electrons. The van der Waals surface area contributed by atoms with Crippen molar-refractivity contribution in [3.8, 4) is 0 Å². The van der Waals surface area contributed by atoms with Crippen LogP contribution in [-0.4, -0.2) is 37.9 Å². The summed E-state index contributed by atoms with van der Waals surface area (Å²) in [4.78, 5) is 0. The van der Waals surface area contributed by atoms with Crippen molar-refractivity contribution >= 4 is 23.5 Å². The summed E-state index contributed by atoms with van der Waals surface area (Å²) in [5.74, 6) is 3.50. The van der Waals surface area contributed by atoms with Gasteiger partial charge in [-0.25, -0.2) is 0 Å². The molecule has 1 N–H and O–H groups in total. The van der Waals surface area contributed by atoms with E-state index in [2.05, 4.69) is 27.5 Å². The van der Waals surface area contributed by atoms with Crippen LogP contribution in [0, 0.1) is 0 Å². The highest BCUT2D eigenvalue weighted by atomic mass is 32.2. The van der Waals surface area contributed by atoms with Crippen LogP contribution in [0.5, 0.6) is 0 Å². The van der Waals surface area contributed by atoms with Gasteiger partial charge in [0.05, 0.1) is 0 Å². The molecule has 0 fully saturated rings. The summed E-state index contributed by atoms with van der Waals surface area (Å²) in [6.07, 6.45) is 1.21. The number of aromatic nitrogens is 4. The lowest BCUT2D eigenvalue weighted by molar-refractivity contribution is 0.881. The van der Waals surface area contributed by atoms with Crippen LogP contribution >= 0.6 is 23.5 Å². The third-order valence-electron chi connectivity index (χ3n) is 1.19. The second-order valence-electron chi connectivity index (χ2n) is 2.09. The second-order valence-corrected chi connectivity index (χ2v) is 4.55. The zero-order chi connectivity index (χ0) is 8.65. The van der Waals surface area contributed by atoms with Crippen molar-refractivity contribution in [3.05, 3.63) is 0 Å². The molecule has 0 saturated heterocycles. The molecule has 0 saturated carbocycles. The molecule has 1 heterocycles. The van der Waals surface area contributed by atoms with Crippen LogP contribution < -0.4 is 0 Å². The molecule has 4 nitrogen and oxygen atoms in total. The highest BCUT2D eigenvalue weighted by Crippen LogP contribution is 2.12. The van der Waals surface area contributed by atoms with Crippen molar-refractivity contribution in [1.82, 2.24) is 20.6 Å². The Morgan fingerprint density at radius 2 is 2.33 bits per heavy atom. The second kappa shape index (κ2) is 6.30. The lowest BCUT2D eigenvalue weighted by Gasteiger charge is -1.95. The molecule has 6 heteroatoms. The number of nitrogens with one attached hydrogen (secondary N) is 1. The quantitative estimate of drug-likeness (QED) is 0.561. The minimum Gasteiger partial charge on any atom is -0.176 e. The van der Waals surface area contributed by atoms with Crippen molar-refractivity contribution in [2.75, 3.05) is 17.3 Å². The third-order valence-corrected chi connectivity index (χ3v) is 3.10. The first-order valence-electron chi connectivity index (χ1n) is 3.87. The Morgan fingerprint density at radius 1 is 1.42 bits per heavy atom. The molecule has 1 rings (SSSR count). The minimum absolute atomic E-state index is 0.747. The standard InChI is InChI=1S/C6H12N4S2/c1-2-11-4-3-5-12-6-7-9-10-8-6/h2-5H2,1H3,(H,7,8,9,10). The average molecular weight is 204 g/mol. The van der Waals surface area contributed by atoms with Gasteiger partial charge in [0.1, 0.15) is 0 Å². The molecule has 0 aromatic carbocycles. The minimum atomic E-state index is 0.747. The van der Waals surface area contributed by atoms with Gasteiger partial charge in [-0.05, 0) is 23.1 Å². The first-order valence-corrected chi connectivity index (χ1v) is 6.01. The molecule has 1 aromatic heterocycles. The van der Waals surface area contributed by atoms with E-state index < -0.39 is 0 Å². The summed E-state index contributed by atoms with van der Waals surface area (Å²) < 4.78 is 0. The smallest absolute Gasteiger partial charge is 0.176 e. The van der Waals surface area contributed by atoms with Gasteiger partial charge in [-0.2, -0.15) is 17.0 Å². The largest absolute Gasteiger partial charge is 0.230 e. The van der Waals surface area contributed by atoms with E-state index in [0.717, 1.165) is 10.9 Å². The fraction of sp³-hybridized carbons (Fsp3) is 0.833. The fourth-order valence-corrected chi connectivity index (χ4v) is 2.18. The Balaban J connectivity index is 1.96. The Hall–Kier alpha value is -0.230. The number of aromatic amines is 1. The summed E-state index contributed by atoms with van der Waals surface area (Å²) in [5, 5.41) is 14.3. The van der Waals surface area contributed by atoms with Crippen LogP contribution in [-0.2, 0) is 0 Å². The van der Waals surface area contributed by atoms with E-state index in [4.69, 9.17) is 0 Å². The van der Waals surface area contributed by atoms with Crippen LogP contribution in [0.1, 0.15) is 13.3 Å². The Morgan fingerprint density at radius 3 is 3.00 bits per heavy atom. The molecule has 0 spiro atoms. The van der Waals surface area contributed by atoms with E-state index in [0.29, 0.717) is 0 Å². The van der Waals surface area contributed by atoms with Crippen LogP contribution in [0.4, 0.5) is 0 Å². The van der Waals surface area contributed by atoms with Gasteiger partial charge in [-0.1, -0.05) is 18.7 Å². The first-order chi connectivity index (χ1) is 5.93. The monoisotopic (exact) mass is 204 g/mol. The van der Waals surface area contributed by atoms with E-state index in [1.807, 2.05) is 11.8 Å². The maximum absolute atomic E-state index is 3.84. The van der Waals surface area contributed by atoms with Gasteiger partial charge in [0.15, 0.2) is 0 Å². The van der Waals surface area contributed by atoms with Gasteiger partial charge in [0, 0.05) is 5.75 Å². The fourth-order valence-electron chi connectivity index (χ4n) is 0.683. The van der Waals surface area contributed by atoms with E-state index >= 15 is 0 Å². The van der Waals surface area contributed by atoms with E-state index in [1.165, 1.54) is 17.9 Å². The van der Waals surface area contributed by atoms with Crippen molar-refractivity contribution in [2.45, 2.75) is 18.5 Å². The third kappa shape index (κ3) is 3.96. The number of hydrogen-bond donors (Lipinski definition) is 1. The highest BCUT2D eigenvalue weighted by molar-refractivity contribution is 8.00. The topological polar surface area (TPSA) is 54.5 Å². The van der Waals surface area contributed by atoms with Crippen LogP contribution in [0.3, 0.4) is 0 Å². The van der Waals surface area contributed by atoms with Crippen LogP contribution in [0.25, 0.3) is 0 Å². The molecular formula is C6H12N4S2. The van der Waals surface area contributed by atoms with Gasteiger partial charge < -0.3 is 0 Å². The van der Waals surface area contributed by atoms with E-state index in [-0.39, 0.29) is 0 Å². The van der Waals surface area contributed by atoms with Gasteiger partial charge in [-0.3, -0.25) is 0 Å². The molecule has 0 amide bonds. The van der Waals surface area contributed by atoms with Crippen molar-refractivity contribution < 1.29 is 0 Å². The summed E-state index contributed by atoms with van der Waals surface area (Å²) >= 11 is 3.62.